The summed E-state index contributed by atoms with van der Waals surface area (Å²) >= 11 is 5.82. The lowest BCUT2D eigenvalue weighted by atomic mass is 10.1. The van der Waals surface area contributed by atoms with Crippen molar-refractivity contribution in [2.24, 2.45) is 5.92 Å². The highest BCUT2D eigenvalue weighted by Gasteiger charge is 2.06. The molecule has 0 N–H and O–H groups in total. The molecule has 1 aromatic carbocycles. The molecular weight excluding hydrogens is 276 g/mol. The predicted octanol–water partition coefficient (Wildman–Crippen LogP) is 4.27. The first kappa shape index (κ1) is 17.1. The molecular formula is C16H25ClO3. The van der Waals surface area contributed by atoms with E-state index in [2.05, 4.69) is 13.8 Å². The molecule has 1 rings (SSSR count). The second kappa shape index (κ2) is 9.89. The molecule has 3 nitrogen and oxygen atoms in total. The van der Waals surface area contributed by atoms with Crippen LogP contribution in [0.2, 0.25) is 0 Å². The van der Waals surface area contributed by atoms with Gasteiger partial charge in [0.05, 0.1) is 13.2 Å². The summed E-state index contributed by atoms with van der Waals surface area (Å²) in [7, 11) is 0. The van der Waals surface area contributed by atoms with Crippen LogP contribution in [0.5, 0.6) is 11.5 Å². The first-order valence-electron chi connectivity index (χ1n) is 7.19. The van der Waals surface area contributed by atoms with Crippen molar-refractivity contribution in [1.82, 2.24) is 0 Å². The second-order valence-corrected chi connectivity index (χ2v) is 5.26. The van der Waals surface area contributed by atoms with Gasteiger partial charge < -0.3 is 14.2 Å². The second-order valence-electron chi connectivity index (χ2n) is 4.99. The molecule has 0 aliphatic carbocycles. The molecule has 0 heterocycles. The molecule has 1 aromatic rings. The molecule has 0 bridgehead atoms. The lowest BCUT2D eigenvalue weighted by Gasteiger charge is -2.13. The zero-order valence-corrected chi connectivity index (χ0v) is 13.4. The van der Waals surface area contributed by atoms with Gasteiger partial charge in [0.1, 0.15) is 6.61 Å². The summed E-state index contributed by atoms with van der Waals surface area (Å²) in [6.45, 7) is 8.83. The smallest absolute Gasteiger partial charge is 0.161 e. The first-order valence-corrected chi connectivity index (χ1v) is 7.73. The third-order valence-electron chi connectivity index (χ3n) is 2.79. The predicted molar refractivity (Wildman–Crippen MR) is 82.9 cm³/mol. The standard InChI is InChI=1S/C16H25ClO3/c1-4-19-16-11-14(12-17)5-6-15(16)20-10-9-18-8-7-13(2)3/h5-6,11,13H,4,7-10,12H2,1-3H3. The van der Waals surface area contributed by atoms with E-state index in [9.17, 15) is 0 Å². The van der Waals surface area contributed by atoms with Crippen molar-refractivity contribution < 1.29 is 14.2 Å². The fraction of sp³-hybridized carbons (Fsp3) is 0.625. The van der Waals surface area contributed by atoms with Gasteiger partial charge in [-0.25, -0.2) is 0 Å². The number of hydrogen-bond acceptors (Lipinski definition) is 3. The Morgan fingerprint density at radius 2 is 1.85 bits per heavy atom. The van der Waals surface area contributed by atoms with Gasteiger partial charge in [-0.05, 0) is 37.0 Å². The molecule has 4 heteroatoms. The maximum absolute atomic E-state index is 5.82. The fourth-order valence-electron chi connectivity index (χ4n) is 1.65. The van der Waals surface area contributed by atoms with E-state index in [-0.39, 0.29) is 0 Å². The molecule has 0 fully saturated rings. The molecule has 0 aliphatic heterocycles. The molecule has 114 valence electrons. The van der Waals surface area contributed by atoms with Crippen LogP contribution in [0, 0.1) is 5.92 Å². The van der Waals surface area contributed by atoms with Crippen LogP contribution < -0.4 is 9.47 Å². The van der Waals surface area contributed by atoms with Crippen molar-refractivity contribution in [3.63, 3.8) is 0 Å². The van der Waals surface area contributed by atoms with E-state index >= 15 is 0 Å². The maximum Gasteiger partial charge on any atom is 0.161 e. The van der Waals surface area contributed by atoms with Gasteiger partial charge in [-0.3, -0.25) is 0 Å². The van der Waals surface area contributed by atoms with Gasteiger partial charge in [-0.2, -0.15) is 0 Å². The van der Waals surface area contributed by atoms with Crippen LogP contribution in [0.3, 0.4) is 0 Å². The van der Waals surface area contributed by atoms with Crippen LogP contribution in [-0.4, -0.2) is 26.4 Å². The van der Waals surface area contributed by atoms with Gasteiger partial charge in [-0.1, -0.05) is 19.9 Å². The third-order valence-corrected chi connectivity index (χ3v) is 3.10. The van der Waals surface area contributed by atoms with Crippen molar-refractivity contribution in [2.75, 3.05) is 26.4 Å². The van der Waals surface area contributed by atoms with Crippen LogP contribution in [0.4, 0.5) is 0 Å². The number of hydrogen-bond donors (Lipinski definition) is 0. The Morgan fingerprint density at radius 1 is 1.05 bits per heavy atom. The Labute approximate surface area is 127 Å². The number of rotatable bonds is 10. The van der Waals surface area contributed by atoms with Gasteiger partial charge in [0, 0.05) is 12.5 Å². The quantitative estimate of drug-likeness (QED) is 0.477. The van der Waals surface area contributed by atoms with Crippen LogP contribution >= 0.6 is 11.6 Å². The molecule has 0 unspecified atom stereocenters. The number of halogens is 1. The van der Waals surface area contributed by atoms with Crippen molar-refractivity contribution in [1.29, 1.82) is 0 Å². The summed E-state index contributed by atoms with van der Waals surface area (Å²) in [4.78, 5) is 0. The fourth-order valence-corrected chi connectivity index (χ4v) is 1.82. The van der Waals surface area contributed by atoms with E-state index in [1.807, 2.05) is 25.1 Å². The average Bonchev–Trinajstić information content (AvgIpc) is 2.43. The average molecular weight is 301 g/mol. The lowest BCUT2D eigenvalue weighted by Crippen LogP contribution is -2.09. The van der Waals surface area contributed by atoms with Gasteiger partial charge in [-0.15, -0.1) is 11.6 Å². The lowest BCUT2D eigenvalue weighted by molar-refractivity contribution is 0.0914. The zero-order valence-electron chi connectivity index (χ0n) is 12.7. The molecule has 20 heavy (non-hydrogen) atoms. The Kier molecular flexibility index (Phi) is 8.47. The number of ether oxygens (including phenoxy) is 3. The number of benzene rings is 1. The highest BCUT2D eigenvalue weighted by molar-refractivity contribution is 6.17. The summed E-state index contributed by atoms with van der Waals surface area (Å²) in [5.74, 6) is 2.63. The Morgan fingerprint density at radius 3 is 2.50 bits per heavy atom. The van der Waals surface area contributed by atoms with E-state index < -0.39 is 0 Å². The molecule has 0 atom stereocenters. The van der Waals surface area contributed by atoms with Crippen LogP contribution in [0.1, 0.15) is 32.8 Å². The van der Waals surface area contributed by atoms with Gasteiger partial charge >= 0.3 is 0 Å². The van der Waals surface area contributed by atoms with Gasteiger partial charge in [0.25, 0.3) is 0 Å². The largest absolute Gasteiger partial charge is 0.490 e. The normalized spacial score (nSPS) is 10.8. The van der Waals surface area contributed by atoms with E-state index in [1.54, 1.807) is 0 Å². The Bertz CT molecular complexity index is 380. The van der Waals surface area contributed by atoms with Gasteiger partial charge in [0.2, 0.25) is 0 Å². The molecule has 0 spiro atoms. The highest BCUT2D eigenvalue weighted by atomic mass is 35.5. The molecule has 0 radical (unpaired) electrons. The van der Waals surface area contributed by atoms with E-state index in [4.69, 9.17) is 25.8 Å². The van der Waals surface area contributed by atoms with Crippen LogP contribution in [0.25, 0.3) is 0 Å². The summed E-state index contributed by atoms with van der Waals surface area (Å²) in [5, 5.41) is 0. The maximum atomic E-state index is 5.82. The highest BCUT2D eigenvalue weighted by Crippen LogP contribution is 2.29. The monoisotopic (exact) mass is 300 g/mol. The number of alkyl halides is 1. The van der Waals surface area contributed by atoms with Crippen molar-refractivity contribution >= 4 is 11.6 Å². The van der Waals surface area contributed by atoms with Gasteiger partial charge in [0.15, 0.2) is 11.5 Å². The summed E-state index contributed by atoms with van der Waals surface area (Å²) in [5.41, 5.74) is 1.02. The van der Waals surface area contributed by atoms with E-state index in [0.29, 0.717) is 31.6 Å². The topological polar surface area (TPSA) is 27.7 Å². The molecule has 0 saturated carbocycles. The summed E-state index contributed by atoms with van der Waals surface area (Å²) in [6, 6.07) is 5.77. The zero-order chi connectivity index (χ0) is 14.8. The summed E-state index contributed by atoms with van der Waals surface area (Å²) < 4.78 is 16.8. The molecule has 0 aliphatic rings. The Balaban J connectivity index is 2.38. The van der Waals surface area contributed by atoms with E-state index in [1.165, 1.54) is 0 Å². The minimum absolute atomic E-state index is 0.471. The minimum atomic E-state index is 0.471. The minimum Gasteiger partial charge on any atom is -0.490 e. The van der Waals surface area contributed by atoms with Crippen molar-refractivity contribution in [3.05, 3.63) is 23.8 Å². The SMILES string of the molecule is CCOc1cc(CCl)ccc1OCCOCCC(C)C. The van der Waals surface area contributed by atoms with Crippen molar-refractivity contribution in [3.8, 4) is 11.5 Å². The van der Waals surface area contributed by atoms with Crippen LogP contribution in [-0.2, 0) is 10.6 Å². The van der Waals surface area contributed by atoms with Crippen molar-refractivity contribution in [2.45, 2.75) is 33.1 Å². The first-order chi connectivity index (χ1) is 9.67. The van der Waals surface area contributed by atoms with Crippen LogP contribution in [0.15, 0.2) is 18.2 Å². The summed E-state index contributed by atoms with van der Waals surface area (Å²) in [6.07, 6.45) is 1.08. The molecule has 0 saturated heterocycles. The van der Waals surface area contributed by atoms with E-state index in [0.717, 1.165) is 30.1 Å². The molecule has 0 amide bonds. The third kappa shape index (κ3) is 6.49. The Hall–Kier alpha value is -0.930. The molecule has 0 aromatic heterocycles.